The lowest BCUT2D eigenvalue weighted by Crippen LogP contribution is -2.42. The summed E-state index contributed by atoms with van der Waals surface area (Å²) in [6.45, 7) is 0.233. The summed E-state index contributed by atoms with van der Waals surface area (Å²) in [6.07, 6.45) is -4.69. The van der Waals surface area contributed by atoms with Crippen molar-refractivity contribution in [2.75, 3.05) is 11.9 Å². The molecule has 1 unspecified atom stereocenters. The fourth-order valence-corrected chi connectivity index (χ4v) is 3.20. The average molecular weight is 462 g/mol. The first-order valence-electron chi connectivity index (χ1n) is 8.59. The van der Waals surface area contributed by atoms with Crippen LogP contribution >= 0.6 is 11.6 Å². The molecule has 2 aromatic carbocycles. The maximum Gasteiger partial charge on any atom is 0.416 e. The first-order chi connectivity index (χ1) is 14.3. The van der Waals surface area contributed by atoms with Crippen molar-refractivity contribution in [2.24, 2.45) is 0 Å². The molecule has 1 atom stereocenters. The number of benzene rings is 2. The Morgan fingerprint density at radius 2 is 1.84 bits per heavy atom. The maximum atomic E-state index is 14.1. The summed E-state index contributed by atoms with van der Waals surface area (Å²) in [5, 5.41) is 4.10. The van der Waals surface area contributed by atoms with Gasteiger partial charge < -0.3 is 10.6 Å². The number of urea groups is 1. The fraction of sp³-hybridized carbons (Fsp3) is 0.211. The number of alkyl halides is 3. The number of anilines is 1. The van der Waals surface area contributed by atoms with E-state index in [1.165, 1.54) is 0 Å². The molecule has 1 aliphatic rings. The van der Waals surface area contributed by atoms with Gasteiger partial charge in [0.15, 0.2) is 0 Å². The highest BCUT2D eigenvalue weighted by atomic mass is 35.5. The van der Waals surface area contributed by atoms with Gasteiger partial charge in [-0.1, -0.05) is 11.6 Å². The van der Waals surface area contributed by atoms with Gasteiger partial charge in [0.05, 0.1) is 16.3 Å². The molecule has 1 heterocycles. The van der Waals surface area contributed by atoms with Gasteiger partial charge in [-0.3, -0.25) is 14.5 Å². The fourth-order valence-electron chi connectivity index (χ4n) is 3.03. The smallest absolute Gasteiger partial charge is 0.323 e. The molecule has 0 radical (unpaired) electrons. The van der Waals surface area contributed by atoms with Gasteiger partial charge in [0.2, 0.25) is 5.91 Å². The van der Waals surface area contributed by atoms with Gasteiger partial charge in [-0.15, -0.1) is 0 Å². The third-order valence-corrected chi connectivity index (χ3v) is 4.94. The summed E-state index contributed by atoms with van der Waals surface area (Å²) in [6, 6.07) is 3.51. The van der Waals surface area contributed by atoms with Crippen molar-refractivity contribution in [1.82, 2.24) is 10.2 Å². The van der Waals surface area contributed by atoms with Gasteiger partial charge >= 0.3 is 12.2 Å². The Bertz CT molecular complexity index is 1090. The molecular weight excluding hydrogens is 449 g/mol. The van der Waals surface area contributed by atoms with Gasteiger partial charge in [0.25, 0.3) is 5.91 Å². The molecule has 6 nitrogen and oxygen atoms in total. The van der Waals surface area contributed by atoms with Crippen LogP contribution in [0.15, 0.2) is 36.4 Å². The summed E-state index contributed by atoms with van der Waals surface area (Å²) in [5.41, 5.74) is -3.89. The molecule has 0 aliphatic carbocycles. The molecule has 1 fully saturated rings. The monoisotopic (exact) mass is 461 g/mol. The summed E-state index contributed by atoms with van der Waals surface area (Å²) >= 11 is 5.80. The lowest BCUT2D eigenvalue weighted by molar-refractivity contribution is -0.137. The zero-order chi connectivity index (χ0) is 23.1. The minimum Gasteiger partial charge on any atom is -0.323 e. The number of hydrogen-bond donors (Lipinski definition) is 2. The topological polar surface area (TPSA) is 78.5 Å². The van der Waals surface area contributed by atoms with E-state index in [1.807, 2.05) is 0 Å². The molecule has 164 valence electrons. The minimum atomic E-state index is -4.69. The Morgan fingerprint density at radius 1 is 1.16 bits per heavy atom. The van der Waals surface area contributed by atoms with Crippen molar-refractivity contribution in [3.05, 3.63) is 64.2 Å². The standard InChI is InChI=1S/C19H13ClF5N3O3/c1-18(11-7-10(21)3-5-13(11)22)16(30)28(17(31)27-18)8-15(29)26-14-6-9(19(23,24)25)2-4-12(14)20/h2-7H,8H2,1H3,(H,26,29)(H,27,31). The number of amides is 4. The van der Waals surface area contributed by atoms with Crippen LogP contribution in [0.2, 0.25) is 5.02 Å². The van der Waals surface area contributed by atoms with E-state index in [0.29, 0.717) is 17.0 Å². The Labute approximate surface area is 177 Å². The van der Waals surface area contributed by atoms with Crippen molar-refractivity contribution in [3.63, 3.8) is 0 Å². The highest BCUT2D eigenvalue weighted by Crippen LogP contribution is 2.34. The highest BCUT2D eigenvalue weighted by Gasteiger charge is 2.51. The highest BCUT2D eigenvalue weighted by molar-refractivity contribution is 6.33. The van der Waals surface area contributed by atoms with E-state index in [0.717, 1.165) is 31.2 Å². The number of carbonyl (C=O) groups is 3. The largest absolute Gasteiger partial charge is 0.416 e. The van der Waals surface area contributed by atoms with E-state index in [-0.39, 0.29) is 10.7 Å². The van der Waals surface area contributed by atoms with Gasteiger partial charge in [0, 0.05) is 5.56 Å². The van der Waals surface area contributed by atoms with Crippen molar-refractivity contribution >= 4 is 35.1 Å². The minimum absolute atomic E-state index is 0.203. The Morgan fingerprint density at radius 3 is 2.48 bits per heavy atom. The lowest BCUT2D eigenvalue weighted by atomic mass is 9.91. The van der Waals surface area contributed by atoms with Crippen LogP contribution in [-0.2, 0) is 21.3 Å². The summed E-state index contributed by atoms with van der Waals surface area (Å²) in [4.78, 5) is 37.7. The average Bonchev–Trinajstić information content (AvgIpc) is 2.88. The number of nitrogens with zero attached hydrogens (tertiary/aromatic N) is 1. The normalized spacial score (nSPS) is 18.9. The van der Waals surface area contributed by atoms with E-state index in [9.17, 15) is 36.3 Å². The number of nitrogens with one attached hydrogen (secondary N) is 2. The van der Waals surface area contributed by atoms with Crippen LogP contribution in [0, 0.1) is 11.6 Å². The molecule has 0 aromatic heterocycles. The predicted octanol–water partition coefficient (Wildman–Crippen LogP) is 4.04. The van der Waals surface area contributed by atoms with E-state index in [1.54, 1.807) is 0 Å². The molecule has 0 saturated carbocycles. The molecule has 31 heavy (non-hydrogen) atoms. The molecule has 1 aliphatic heterocycles. The first-order valence-corrected chi connectivity index (χ1v) is 8.97. The number of carbonyl (C=O) groups excluding carboxylic acids is 3. The van der Waals surface area contributed by atoms with Crippen LogP contribution in [0.25, 0.3) is 0 Å². The zero-order valence-electron chi connectivity index (χ0n) is 15.6. The van der Waals surface area contributed by atoms with E-state index in [4.69, 9.17) is 11.6 Å². The third kappa shape index (κ3) is 4.31. The summed E-state index contributed by atoms with van der Waals surface area (Å²) in [5.74, 6) is -3.89. The van der Waals surface area contributed by atoms with Crippen molar-refractivity contribution in [2.45, 2.75) is 18.6 Å². The summed E-state index contributed by atoms with van der Waals surface area (Å²) in [7, 11) is 0. The van der Waals surface area contributed by atoms with Gasteiger partial charge in [0.1, 0.15) is 23.7 Å². The van der Waals surface area contributed by atoms with Crippen LogP contribution < -0.4 is 10.6 Å². The molecule has 1 saturated heterocycles. The maximum absolute atomic E-state index is 14.1. The second kappa shape index (κ2) is 7.80. The van der Waals surface area contributed by atoms with Crippen molar-refractivity contribution < 1.29 is 36.3 Å². The van der Waals surface area contributed by atoms with Crippen LogP contribution in [0.1, 0.15) is 18.1 Å². The summed E-state index contributed by atoms with van der Waals surface area (Å²) < 4.78 is 66.3. The van der Waals surface area contributed by atoms with Crippen molar-refractivity contribution in [1.29, 1.82) is 0 Å². The Hall–Kier alpha value is -3.21. The molecule has 3 rings (SSSR count). The van der Waals surface area contributed by atoms with Crippen LogP contribution in [0.4, 0.5) is 32.4 Å². The zero-order valence-corrected chi connectivity index (χ0v) is 16.4. The van der Waals surface area contributed by atoms with Gasteiger partial charge in [-0.2, -0.15) is 13.2 Å². The predicted molar refractivity (Wildman–Crippen MR) is 99.0 cm³/mol. The van der Waals surface area contributed by atoms with E-state index >= 15 is 0 Å². The van der Waals surface area contributed by atoms with Crippen LogP contribution in [-0.4, -0.2) is 29.3 Å². The lowest BCUT2D eigenvalue weighted by Gasteiger charge is -2.22. The second-order valence-corrected chi connectivity index (χ2v) is 7.22. The molecule has 0 spiro atoms. The molecule has 2 N–H and O–H groups in total. The first kappa shape index (κ1) is 22.5. The number of rotatable bonds is 4. The SMILES string of the molecule is CC1(c2cc(F)ccc2F)NC(=O)N(CC(=O)Nc2cc(C(F)(F)F)ccc2Cl)C1=O. The van der Waals surface area contributed by atoms with Gasteiger partial charge in [-0.05, 0) is 43.3 Å². The number of halogens is 6. The van der Waals surface area contributed by atoms with E-state index < -0.39 is 58.9 Å². The molecule has 0 bridgehead atoms. The van der Waals surface area contributed by atoms with Crippen LogP contribution in [0.5, 0.6) is 0 Å². The molecule has 12 heteroatoms. The van der Waals surface area contributed by atoms with Crippen molar-refractivity contribution in [3.8, 4) is 0 Å². The molecule has 2 aromatic rings. The quantitative estimate of drug-likeness (QED) is 0.533. The number of hydrogen-bond acceptors (Lipinski definition) is 3. The molecular formula is C19H13ClF5N3O3. The van der Waals surface area contributed by atoms with Gasteiger partial charge in [-0.25, -0.2) is 13.6 Å². The Balaban J connectivity index is 1.81. The second-order valence-electron chi connectivity index (χ2n) is 6.81. The van der Waals surface area contributed by atoms with E-state index in [2.05, 4.69) is 10.6 Å². The Kier molecular flexibility index (Phi) is 5.66. The number of imide groups is 1. The van der Waals surface area contributed by atoms with Crippen LogP contribution in [0.3, 0.4) is 0 Å². The third-order valence-electron chi connectivity index (χ3n) is 4.61. The molecule has 4 amide bonds.